The summed E-state index contributed by atoms with van der Waals surface area (Å²) in [7, 11) is 0. The molecule has 16 heavy (non-hydrogen) atoms. The Morgan fingerprint density at radius 3 is 2.50 bits per heavy atom. The van der Waals surface area contributed by atoms with Crippen molar-refractivity contribution in [2.24, 2.45) is 10.9 Å². The predicted octanol–water partition coefficient (Wildman–Crippen LogP) is 0.499. The van der Waals surface area contributed by atoms with Gasteiger partial charge in [0.15, 0.2) is 0 Å². The lowest BCUT2D eigenvalue weighted by Gasteiger charge is -2.41. The van der Waals surface area contributed by atoms with E-state index in [0.717, 1.165) is 12.8 Å². The van der Waals surface area contributed by atoms with E-state index in [1.807, 2.05) is 0 Å². The van der Waals surface area contributed by atoms with Gasteiger partial charge in [-0.3, -0.25) is 4.90 Å². The van der Waals surface area contributed by atoms with E-state index in [9.17, 15) is 5.11 Å². The quantitative estimate of drug-likeness (QED) is 0.284. The SMILES string of the molecule is CC(CC(N)=NO)N1C2CCC1CC(O)C2. The third-order valence-electron chi connectivity index (χ3n) is 3.91. The summed E-state index contributed by atoms with van der Waals surface area (Å²) in [6.45, 7) is 2.11. The maximum absolute atomic E-state index is 9.70. The van der Waals surface area contributed by atoms with Gasteiger partial charge >= 0.3 is 0 Å². The average Bonchev–Trinajstić information content (AvgIpc) is 2.51. The molecule has 3 unspecified atom stereocenters. The standard InChI is InChI=1S/C11H21N3O2/c1-7(4-11(12)13-16)14-8-2-3-9(14)6-10(15)5-8/h7-10,15-16H,2-6H2,1H3,(H2,12,13). The molecule has 0 aliphatic carbocycles. The van der Waals surface area contributed by atoms with Crippen molar-refractivity contribution < 1.29 is 10.3 Å². The van der Waals surface area contributed by atoms with Crippen LogP contribution in [0, 0.1) is 0 Å². The van der Waals surface area contributed by atoms with Crippen molar-refractivity contribution in [2.45, 2.75) is 63.3 Å². The van der Waals surface area contributed by atoms with Crippen molar-refractivity contribution in [3.63, 3.8) is 0 Å². The highest BCUT2D eigenvalue weighted by molar-refractivity contribution is 5.80. The molecule has 0 saturated carbocycles. The number of aliphatic hydroxyl groups excluding tert-OH is 1. The highest BCUT2D eigenvalue weighted by Crippen LogP contribution is 2.37. The van der Waals surface area contributed by atoms with Crippen LogP contribution in [0.25, 0.3) is 0 Å². The molecule has 2 aliphatic heterocycles. The second-order valence-electron chi connectivity index (χ2n) is 5.10. The first-order valence-corrected chi connectivity index (χ1v) is 6.03. The van der Waals surface area contributed by atoms with Gasteiger partial charge in [-0.05, 0) is 32.6 Å². The molecule has 4 N–H and O–H groups in total. The Balaban J connectivity index is 2.00. The fourth-order valence-electron chi connectivity index (χ4n) is 3.35. The first-order valence-electron chi connectivity index (χ1n) is 6.03. The molecule has 0 amide bonds. The van der Waals surface area contributed by atoms with Crippen LogP contribution >= 0.6 is 0 Å². The molecule has 0 radical (unpaired) electrons. The number of fused-ring (bicyclic) bond motifs is 2. The van der Waals surface area contributed by atoms with Crippen LogP contribution in [0.15, 0.2) is 5.16 Å². The topological polar surface area (TPSA) is 82.1 Å². The maximum atomic E-state index is 9.70. The molecule has 2 bridgehead atoms. The van der Waals surface area contributed by atoms with Gasteiger partial charge < -0.3 is 16.0 Å². The number of rotatable bonds is 3. The van der Waals surface area contributed by atoms with Crippen molar-refractivity contribution >= 4 is 5.84 Å². The molecule has 5 heteroatoms. The maximum Gasteiger partial charge on any atom is 0.140 e. The molecule has 5 nitrogen and oxygen atoms in total. The summed E-state index contributed by atoms with van der Waals surface area (Å²) < 4.78 is 0. The summed E-state index contributed by atoms with van der Waals surface area (Å²) in [5.74, 6) is 0.290. The summed E-state index contributed by atoms with van der Waals surface area (Å²) in [6.07, 6.45) is 4.54. The van der Waals surface area contributed by atoms with Crippen LogP contribution in [0.3, 0.4) is 0 Å². The zero-order valence-electron chi connectivity index (χ0n) is 9.71. The molecular weight excluding hydrogens is 206 g/mol. The highest BCUT2D eigenvalue weighted by atomic mass is 16.4. The van der Waals surface area contributed by atoms with E-state index in [2.05, 4.69) is 17.0 Å². The second-order valence-corrected chi connectivity index (χ2v) is 5.10. The van der Waals surface area contributed by atoms with Crippen LogP contribution in [0.1, 0.15) is 39.0 Å². The van der Waals surface area contributed by atoms with Gasteiger partial charge in [-0.1, -0.05) is 5.16 Å². The van der Waals surface area contributed by atoms with Gasteiger partial charge in [0.25, 0.3) is 0 Å². The van der Waals surface area contributed by atoms with Gasteiger partial charge in [-0.15, -0.1) is 0 Å². The molecule has 2 fully saturated rings. The van der Waals surface area contributed by atoms with Crippen LogP contribution in [-0.4, -0.2) is 45.3 Å². The monoisotopic (exact) mass is 227 g/mol. The Kier molecular flexibility index (Phi) is 3.35. The fraction of sp³-hybridized carbons (Fsp3) is 0.909. The molecule has 2 saturated heterocycles. The van der Waals surface area contributed by atoms with E-state index in [1.54, 1.807) is 0 Å². The summed E-state index contributed by atoms with van der Waals surface area (Å²) in [4.78, 5) is 2.45. The number of hydrogen-bond acceptors (Lipinski definition) is 4. The largest absolute Gasteiger partial charge is 0.409 e. The van der Waals surface area contributed by atoms with Crippen LogP contribution < -0.4 is 5.73 Å². The van der Waals surface area contributed by atoms with Gasteiger partial charge in [0, 0.05) is 24.5 Å². The van der Waals surface area contributed by atoms with E-state index in [4.69, 9.17) is 10.9 Å². The predicted molar refractivity (Wildman–Crippen MR) is 61.4 cm³/mol. The van der Waals surface area contributed by atoms with E-state index in [1.165, 1.54) is 12.8 Å². The van der Waals surface area contributed by atoms with Crippen molar-refractivity contribution in [2.75, 3.05) is 0 Å². The third-order valence-corrected chi connectivity index (χ3v) is 3.91. The first kappa shape index (κ1) is 11.7. The van der Waals surface area contributed by atoms with Gasteiger partial charge in [0.05, 0.1) is 6.10 Å². The summed E-state index contributed by atoms with van der Waals surface area (Å²) in [6, 6.07) is 1.26. The summed E-state index contributed by atoms with van der Waals surface area (Å²) in [5, 5.41) is 21.3. The molecule has 3 atom stereocenters. The molecular formula is C11H21N3O2. The second kappa shape index (κ2) is 4.59. The number of piperidine rings is 1. The molecule has 92 valence electrons. The Bertz CT molecular complexity index is 268. The number of amidine groups is 1. The number of nitrogens with two attached hydrogens (primary N) is 1. The van der Waals surface area contributed by atoms with Crippen molar-refractivity contribution in [3.8, 4) is 0 Å². The molecule has 0 aromatic carbocycles. The normalized spacial score (nSPS) is 37.6. The smallest absolute Gasteiger partial charge is 0.140 e. The van der Waals surface area contributed by atoms with E-state index in [-0.39, 0.29) is 11.9 Å². The molecule has 0 spiro atoms. The summed E-state index contributed by atoms with van der Waals surface area (Å²) >= 11 is 0. The highest BCUT2D eigenvalue weighted by Gasteiger charge is 2.42. The van der Waals surface area contributed by atoms with E-state index in [0.29, 0.717) is 24.5 Å². The van der Waals surface area contributed by atoms with E-state index >= 15 is 0 Å². The van der Waals surface area contributed by atoms with Gasteiger partial charge in [-0.2, -0.15) is 0 Å². The zero-order chi connectivity index (χ0) is 11.7. The van der Waals surface area contributed by atoms with E-state index < -0.39 is 0 Å². The molecule has 2 heterocycles. The number of nitrogens with zero attached hydrogens (tertiary/aromatic N) is 2. The van der Waals surface area contributed by atoms with Crippen molar-refractivity contribution in [3.05, 3.63) is 0 Å². The molecule has 0 aromatic heterocycles. The lowest BCUT2D eigenvalue weighted by atomic mass is 9.97. The van der Waals surface area contributed by atoms with Crippen LogP contribution in [0.4, 0.5) is 0 Å². The Morgan fingerprint density at radius 2 is 2.00 bits per heavy atom. The van der Waals surface area contributed by atoms with Crippen LogP contribution in [0.5, 0.6) is 0 Å². The average molecular weight is 227 g/mol. The lowest BCUT2D eigenvalue weighted by molar-refractivity contribution is 0.0160. The van der Waals surface area contributed by atoms with Crippen molar-refractivity contribution in [1.82, 2.24) is 4.90 Å². The number of aliphatic hydroxyl groups is 1. The molecule has 0 aromatic rings. The Morgan fingerprint density at radius 1 is 1.44 bits per heavy atom. The molecule has 2 rings (SSSR count). The van der Waals surface area contributed by atoms with Crippen LogP contribution in [-0.2, 0) is 0 Å². The Labute approximate surface area is 95.9 Å². The minimum Gasteiger partial charge on any atom is -0.409 e. The minimum absolute atomic E-state index is 0.134. The van der Waals surface area contributed by atoms with Gasteiger partial charge in [0.2, 0.25) is 0 Å². The van der Waals surface area contributed by atoms with Gasteiger partial charge in [0.1, 0.15) is 5.84 Å². The van der Waals surface area contributed by atoms with Crippen LogP contribution in [0.2, 0.25) is 0 Å². The summed E-state index contributed by atoms with van der Waals surface area (Å²) in [5.41, 5.74) is 5.54. The molecule has 2 aliphatic rings. The van der Waals surface area contributed by atoms with Crippen molar-refractivity contribution in [1.29, 1.82) is 0 Å². The lowest BCUT2D eigenvalue weighted by Crippen LogP contribution is -2.50. The zero-order valence-corrected chi connectivity index (χ0v) is 9.71. The number of oxime groups is 1. The number of hydrogen-bond donors (Lipinski definition) is 3. The van der Waals surface area contributed by atoms with Gasteiger partial charge in [-0.25, -0.2) is 0 Å². The first-order chi connectivity index (χ1) is 7.61. The fourth-order valence-corrected chi connectivity index (χ4v) is 3.35. The minimum atomic E-state index is -0.134. The Hall–Kier alpha value is -0.810. The third kappa shape index (κ3) is 2.15.